The number of hydrogen-bond acceptors (Lipinski definition) is 4. The Hall–Kier alpha value is -0.940. The molecule has 1 aromatic carbocycles. The zero-order chi connectivity index (χ0) is 17.1. The SMILES string of the molecule is CC(C)(C)CC(C)(C)OO.CC(C)c1ccccc1.OO. The van der Waals surface area contributed by atoms with Crippen LogP contribution >= 0.6 is 0 Å². The van der Waals surface area contributed by atoms with E-state index < -0.39 is 5.60 Å². The molecule has 0 bridgehead atoms. The van der Waals surface area contributed by atoms with E-state index in [0.29, 0.717) is 5.92 Å². The molecule has 0 radical (unpaired) electrons. The Bertz CT molecular complexity index is 340. The van der Waals surface area contributed by atoms with Gasteiger partial charge in [0.25, 0.3) is 0 Å². The van der Waals surface area contributed by atoms with Crippen LogP contribution in [0.15, 0.2) is 30.3 Å². The topological polar surface area (TPSA) is 69.9 Å². The van der Waals surface area contributed by atoms with E-state index in [4.69, 9.17) is 15.8 Å². The van der Waals surface area contributed by atoms with Gasteiger partial charge in [0.1, 0.15) is 0 Å². The van der Waals surface area contributed by atoms with Crippen molar-refractivity contribution >= 4 is 0 Å². The first-order valence-electron chi connectivity index (χ1n) is 7.15. The molecule has 124 valence electrons. The fourth-order valence-corrected chi connectivity index (χ4v) is 2.15. The number of rotatable bonds is 3. The maximum atomic E-state index is 8.46. The van der Waals surface area contributed by atoms with E-state index in [1.165, 1.54) is 5.56 Å². The van der Waals surface area contributed by atoms with Gasteiger partial charge in [0.15, 0.2) is 0 Å². The molecule has 0 aliphatic carbocycles. The fourth-order valence-electron chi connectivity index (χ4n) is 2.15. The Labute approximate surface area is 129 Å². The van der Waals surface area contributed by atoms with Gasteiger partial charge >= 0.3 is 0 Å². The second-order valence-electron chi connectivity index (χ2n) is 7.15. The lowest BCUT2D eigenvalue weighted by atomic mass is 9.84. The monoisotopic (exact) mass is 300 g/mol. The number of benzene rings is 1. The largest absolute Gasteiger partial charge is 0.255 e. The molecule has 21 heavy (non-hydrogen) atoms. The van der Waals surface area contributed by atoms with Crippen molar-refractivity contribution in [3.8, 4) is 0 Å². The van der Waals surface area contributed by atoms with Crippen LogP contribution in [-0.4, -0.2) is 21.4 Å². The highest BCUT2D eigenvalue weighted by molar-refractivity contribution is 5.17. The third-order valence-electron chi connectivity index (χ3n) is 2.67. The maximum absolute atomic E-state index is 8.46. The first kappa shape index (κ1) is 22.3. The molecule has 1 aromatic rings. The molecule has 0 saturated heterocycles. The van der Waals surface area contributed by atoms with E-state index in [9.17, 15) is 0 Å². The quantitative estimate of drug-likeness (QED) is 0.508. The van der Waals surface area contributed by atoms with Crippen LogP contribution in [0, 0.1) is 5.41 Å². The van der Waals surface area contributed by atoms with Crippen LogP contribution in [-0.2, 0) is 4.89 Å². The van der Waals surface area contributed by atoms with Crippen molar-refractivity contribution in [2.45, 2.75) is 66.4 Å². The standard InChI is InChI=1S/C9H12.C8H18O2.H2O2/c1-8(2)9-6-4-3-5-7-9;1-7(2,3)6-8(4,5)10-9;1-2/h3-8H,1-2H3;9H,6H2,1-5H3;1-2H. The van der Waals surface area contributed by atoms with Gasteiger partial charge in [-0.05, 0) is 37.2 Å². The summed E-state index contributed by atoms with van der Waals surface area (Å²) in [5.74, 6) is 0.659. The van der Waals surface area contributed by atoms with Crippen molar-refractivity contribution in [3.05, 3.63) is 35.9 Å². The average molecular weight is 300 g/mol. The summed E-state index contributed by atoms with van der Waals surface area (Å²) >= 11 is 0. The summed E-state index contributed by atoms with van der Waals surface area (Å²) in [6.07, 6.45) is 0.844. The molecule has 4 nitrogen and oxygen atoms in total. The van der Waals surface area contributed by atoms with Gasteiger partial charge in [-0.3, -0.25) is 15.8 Å². The van der Waals surface area contributed by atoms with Crippen LogP contribution in [0.1, 0.15) is 66.4 Å². The zero-order valence-corrected chi connectivity index (χ0v) is 14.4. The van der Waals surface area contributed by atoms with Crippen molar-refractivity contribution in [2.75, 3.05) is 0 Å². The molecule has 0 heterocycles. The zero-order valence-electron chi connectivity index (χ0n) is 14.4. The maximum Gasteiger partial charge on any atom is 0.0982 e. The minimum absolute atomic E-state index is 0.201. The molecule has 3 N–H and O–H groups in total. The van der Waals surface area contributed by atoms with Crippen LogP contribution in [0.3, 0.4) is 0 Å². The normalized spacial score (nSPS) is 11.2. The Morgan fingerprint density at radius 1 is 0.952 bits per heavy atom. The minimum atomic E-state index is -0.418. The Morgan fingerprint density at radius 3 is 1.57 bits per heavy atom. The van der Waals surface area contributed by atoms with Crippen molar-refractivity contribution in [1.29, 1.82) is 0 Å². The second kappa shape index (κ2) is 10.7. The summed E-state index contributed by atoms with van der Waals surface area (Å²) in [4.78, 5) is 4.31. The van der Waals surface area contributed by atoms with E-state index in [0.717, 1.165) is 6.42 Å². The first-order chi connectivity index (χ1) is 9.57. The third kappa shape index (κ3) is 13.8. The van der Waals surface area contributed by atoms with Crippen LogP contribution in [0.2, 0.25) is 0 Å². The first-order valence-corrected chi connectivity index (χ1v) is 7.15. The van der Waals surface area contributed by atoms with Gasteiger partial charge in [-0.2, -0.15) is 0 Å². The summed E-state index contributed by atoms with van der Waals surface area (Å²) in [6, 6.07) is 10.5. The van der Waals surface area contributed by atoms with Gasteiger partial charge in [-0.15, -0.1) is 0 Å². The van der Waals surface area contributed by atoms with Crippen LogP contribution < -0.4 is 0 Å². The highest BCUT2D eigenvalue weighted by atomic mass is 17.1. The summed E-state index contributed by atoms with van der Waals surface area (Å²) in [6.45, 7) is 14.5. The van der Waals surface area contributed by atoms with Gasteiger partial charge in [0.05, 0.1) is 5.60 Å². The molecule has 0 aliphatic rings. The van der Waals surface area contributed by atoms with E-state index in [1.54, 1.807) is 0 Å². The lowest BCUT2D eigenvalue weighted by Crippen LogP contribution is -2.28. The van der Waals surface area contributed by atoms with E-state index in [2.05, 4.69) is 63.8 Å². The smallest absolute Gasteiger partial charge is 0.0982 e. The van der Waals surface area contributed by atoms with Gasteiger partial charge < -0.3 is 0 Å². The molecular formula is C17H32O4. The molecular weight excluding hydrogens is 268 g/mol. The Kier molecular flexibility index (Phi) is 11.4. The minimum Gasteiger partial charge on any atom is -0.255 e. The second-order valence-corrected chi connectivity index (χ2v) is 7.15. The predicted molar refractivity (Wildman–Crippen MR) is 87.7 cm³/mol. The van der Waals surface area contributed by atoms with E-state index in [-0.39, 0.29) is 5.41 Å². The molecule has 0 spiro atoms. The van der Waals surface area contributed by atoms with Crippen LogP contribution in [0.4, 0.5) is 0 Å². The van der Waals surface area contributed by atoms with Crippen LogP contribution in [0.5, 0.6) is 0 Å². The molecule has 0 fully saturated rings. The summed E-state index contributed by atoms with van der Waals surface area (Å²) in [5, 5.41) is 20.5. The van der Waals surface area contributed by atoms with Crippen molar-refractivity contribution in [2.24, 2.45) is 5.41 Å². The average Bonchev–Trinajstić information content (AvgIpc) is 2.40. The number of hydrogen-bond donors (Lipinski definition) is 3. The molecule has 0 atom stereocenters. The van der Waals surface area contributed by atoms with Crippen molar-refractivity contribution < 1.29 is 20.7 Å². The van der Waals surface area contributed by atoms with Crippen molar-refractivity contribution in [1.82, 2.24) is 0 Å². The lowest BCUT2D eigenvalue weighted by Gasteiger charge is -2.29. The van der Waals surface area contributed by atoms with Gasteiger partial charge in [-0.1, -0.05) is 65.0 Å². The molecule has 0 unspecified atom stereocenters. The molecule has 0 amide bonds. The van der Waals surface area contributed by atoms with Gasteiger partial charge in [0.2, 0.25) is 0 Å². The highest BCUT2D eigenvalue weighted by Crippen LogP contribution is 2.28. The van der Waals surface area contributed by atoms with E-state index >= 15 is 0 Å². The third-order valence-corrected chi connectivity index (χ3v) is 2.67. The molecule has 4 heteroatoms. The van der Waals surface area contributed by atoms with Gasteiger partial charge in [0, 0.05) is 0 Å². The Morgan fingerprint density at radius 2 is 1.38 bits per heavy atom. The molecule has 0 aliphatic heterocycles. The lowest BCUT2D eigenvalue weighted by molar-refractivity contribution is -0.318. The summed E-state index contributed by atoms with van der Waals surface area (Å²) in [5.41, 5.74) is 1.20. The Balaban J connectivity index is 0. The molecule has 0 saturated carbocycles. The van der Waals surface area contributed by atoms with E-state index in [1.807, 2.05) is 19.9 Å². The summed E-state index contributed by atoms with van der Waals surface area (Å²) in [7, 11) is 0. The highest BCUT2D eigenvalue weighted by Gasteiger charge is 2.26. The predicted octanol–water partition coefficient (Wildman–Crippen LogP) is 5.52. The van der Waals surface area contributed by atoms with Gasteiger partial charge in [-0.25, -0.2) is 4.89 Å². The fraction of sp³-hybridized carbons (Fsp3) is 0.647. The molecule has 1 rings (SSSR count). The molecule has 0 aromatic heterocycles. The van der Waals surface area contributed by atoms with Crippen LogP contribution in [0.25, 0.3) is 0 Å². The summed E-state index contributed by atoms with van der Waals surface area (Å²) < 4.78 is 0. The van der Waals surface area contributed by atoms with Crippen molar-refractivity contribution in [3.63, 3.8) is 0 Å².